The van der Waals surface area contributed by atoms with Crippen molar-refractivity contribution in [2.45, 2.75) is 13.1 Å². The molecule has 25 heavy (non-hydrogen) atoms. The third kappa shape index (κ3) is 4.23. The van der Waals surface area contributed by atoms with Crippen LogP contribution in [0.5, 0.6) is 5.75 Å². The molecule has 1 aromatic carbocycles. The lowest BCUT2D eigenvalue weighted by Crippen LogP contribution is -2.24. The quantitative estimate of drug-likeness (QED) is 0.717. The number of nitrogens with zero attached hydrogens (tertiary/aromatic N) is 2. The van der Waals surface area contributed by atoms with Crippen molar-refractivity contribution in [1.29, 1.82) is 0 Å². The molecule has 0 radical (unpaired) electrons. The molecule has 0 N–H and O–H groups in total. The van der Waals surface area contributed by atoms with Crippen molar-refractivity contribution in [1.82, 2.24) is 9.55 Å². The fourth-order valence-corrected chi connectivity index (χ4v) is 2.11. The molecule has 0 aliphatic rings. The highest BCUT2D eigenvalue weighted by molar-refractivity contribution is 6.41. The van der Waals surface area contributed by atoms with Gasteiger partial charge in [0.05, 0.1) is 12.2 Å². The van der Waals surface area contributed by atoms with Gasteiger partial charge in [-0.15, -0.1) is 0 Å². The molecular weight excluding hydrogens is 388 g/mol. The van der Waals surface area contributed by atoms with Crippen LogP contribution in [-0.4, -0.2) is 28.2 Å². The molecule has 0 unspecified atom stereocenters. The third-order valence-electron chi connectivity index (χ3n) is 2.79. The van der Waals surface area contributed by atoms with Gasteiger partial charge in [0.2, 0.25) is 5.82 Å². The topological polar surface area (TPSA) is 70.4 Å². The van der Waals surface area contributed by atoms with Crippen LogP contribution in [0.4, 0.5) is 18.0 Å². The summed E-state index contributed by atoms with van der Waals surface area (Å²) >= 11 is 11.0. The number of rotatable bonds is 3. The van der Waals surface area contributed by atoms with Gasteiger partial charge in [-0.05, 0) is 31.2 Å². The molecule has 2 rings (SSSR count). The highest BCUT2D eigenvalue weighted by Crippen LogP contribution is 2.34. The number of carbonyl (C=O) groups excluding carboxylic acids is 2. The minimum Gasteiger partial charge on any atom is -0.462 e. The van der Waals surface area contributed by atoms with E-state index in [1.54, 1.807) is 6.92 Å². The second-order valence-electron chi connectivity index (χ2n) is 4.46. The number of hydrogen-bond donors (Lipinski definition) is 0. The Balaban J connectivity index is 2.25. The number of halogens is 5. The lowest BCUT2D eigenvalue weighted by Gasteiger charge is -2.10. The molecule has 0 saturated carbocycles. The molecule has 0 aliphatic heterocycles. The zero-order valence-corrected chi connectivity index (χ0v) is 13.9. The van der Waals surface area contributed by atoms with Gasteiger partial charge in [0, 0.05) is 0 Å². The standard InChI is InChI=1S/C14H9Cl2F3N2O4/c1-2-24-11(22)7-3-5-8(6-4-7)25-13(23)21-10(16)9(15)20-12(21)14(17,18)19/h3-6H,2H2,1H3. The van der Waals surface area contributed by atoms with E-state index < -0.39 is 34.4 Å². The molecule has 0 amide bonds. The fraction of sp³-hybridized carbons (Fsp3) is 0.214. The largest absolute Gasteiger partial charge is 0.462 e. The Morgan fingerprint density at radius 2 is 1.80 bits per heavy atom. The average Bonchev–Trinajstić information content (AvgIpc) is 2.84. The Kier molecular flexibility index (Phi) is 5.58. The Morgan fingerprint density at radius 1 is 1.20 bits per heavy atom. The lowest BCUT2D eigenvalue weighted by molar-refractivity contribution is -0.146. The van der Waals surface area contributed by atoms with Crippen LogP contribution >= 0.6 is 23.2 Å². The minimum absolute atomic E-state index is 0.00312. The number of hydrogen-bond acceptors (Lipinski definition) is 5. The van der Waals surface area contributed by atoms with E-state index in [1.165, 1.54) is 24.3 Å². The van der Waals surface area contributed by atoms with Crippen LogP contribution in [0.2, 0.25) is 10.3 Å². The zero-order valence-electron chi connectivity index (χ0n) is 12.4. The molecule has 0 saturated heterocycles. The van der Waals surface area contributed by atoms with Crippen molar-refractivity contribution in [2.24, 2.45) is 0 Å². The molecule has 0 atom stereocenters. The maximum absolute atomic E-state index is 12.9. The predicted octanol–water partition coefficient (Wildman–Crippen LogP) is 4.43. The van der Waals surface area contributed by atoms with Crippen molar-refractivity contribution in [2.75, 3.05) is 6.61 Å². The maximum atomic E-state index is 12.9. The van der Waals surface area contributed by atoms with Crippen molar-refractivity contribution >= 4 is 35.3 Å². The maximum Gasteiger partial charge on any atom is 0.450 e. The van der Waals surface area contributed by atoms with E-state index in [2.05, 4.69) is 4.98 Å². The second-order valence-corrected chi connectivity index (χ2v) is 5.18. The van der Waals surface area contributed by atoms with Crippen LogP contribution in [0.3, 0.4) is 0 Å². The third-order valence-corrected chi connectivity index (χ3v) is 3.50. The molecule has 6 nitrogen and oxygen atoms in total. The fourth-order valence-electron chi connectivity index (χ4n) is 1.75. The summed E-state index contributed by atoms with van der Waals surface area (Å²) in [6, 6.07) is 5.00. The summed E-state index contributed by atoms with van der Waals surface area (Å²) in [4.78, 5) is 26.5. The average molecular weight is 397 g/mol. The van der Waals surface area contributed by atoms with Gasteiger partial charge in [0.1, 0.15) is 5.75 Å². The van der Waals surface area contributed by atoms with Gasteiger partial charge in [-0.1, -0.05) is 23.2 Å². The lowest BCUT2D eigenvalue weighted by atomic mass is 10.2. The summed E-state index contributed by atoms with van der Waals surface area (Å²) < 4.78 is 48.3. The molecular formula is C14H9Cl2F3N2O4. The van der Waals surface area contributed by atoms with E-state index >= 15 is 0 Å². The first-order valence-electron chi connectivity index (χ1n) is 6.65. The van der Waals surface area contributed by atoms with Crippen molar-refractivity contribution in [3.05, 3.63) is 46.0 Å². The number of aromatic nitrogens is 2. The zero-order chi connectivity index (χ0) is 18.8. The first kappa shape index (κ1) is 19.1. The van der Waals surface area contributed by atoms with Gasteiger partial charge in [-0.3, -0.25) is 0 Å². The second kappa shape index (κ2) is 7.32. The van der Waals surface area contributed by atoms with Gasteiger partial charge in [0.15, 0.2) is 10.3 Å². The number of benzene rings is 1. The first-order chi connectivity index (χ1) is 11.6. The molecule has 0 fully saturated rings. The summed E-state index contributed by atoms with van der Waals surface area (Å²) in [6.45, 7) is 1.81. The van der Waals surface area contributed by atoms with Crippen LogP contribution < -0.4 is 4.74 Å². The van der Waals surface area contributed by atoms with E-state index in [1.807, 2.05) is 0 Å². The molecule has 0 bridgehead atoms. The normalized spacial score (nSPS) is 11.3. The van der Waals surface area contributed by atoms with Crippen molar-refractivity contribution < 1.29 is 32.2 Å². The Labute approximate surface area is 149 Å². The van der Waals surface area contributed by atoms with E-state index in [9.17, 15) is 22.8 Å². The van der Waals surface area contributed by atoms with E-state index in [0.29, 0.717) is 0 Å². The summed E-state index contributed by atoms with van der Waals surface area (Å²) in [7, 11) is 0. The Morgan fingerprint density at radius 3 is 2.32 bits per heavy atom. The van der Waals surface area contributed by atoms with Gasteiger partial charge in [-0.25, -0.2) is 19.1 Å². The molecule has 0 spiro atoms. The van der Waals surface area contributed by atoms with Crippen LogP contribution in [0.1, 0.15) is 23.1 Å². The highest BCUT2D eigenvalue weighted by atomic mass is 35.5. The molecule has 134 valence electrons. The summed E-state index contributed by atoms with van der Waals surface area (Å²) in [5.74, 6) is -2.33. The first-order valence-corrected chi connectivity index (χ1v) is 7.41. The van der Waals surface area contributed by atoms with Crippen LogP contribution in [-0.2, 0) is 10.9 Å². The van der Waals surface area contributed by atoms with Gasteiger partial charge >= 0.3 is 18.2 Å². The van der Waals surface area contributed by atoms with Gasteiger partial charge < -0.3 is 9.47 Å². The number of ether oxygens (including phenoxy) is 2. The van der Waals surface area contributed by atoms with Gasteiger partial charge in [0.25, 0.3) is 0 Å². The molecule has 2 aromatic rings. The Bertz CT molecular complexity index is 804. The van der Waals surface area contributed by atoms with E-state index in [-0.39, 0.29) is 22.5 Å². The predicted molar refractivity (Wildman–Crippen MR) is 81.1 cm³/mol. The smallest absolute Gasteiger partial charge is 0.450 e. The highest BCUT2D eigenvalue weighted by Gasteiger charge is 2.41. The van der Waals surface area contributed by atoms with Crippen molar-refractivity contribution in [3.63, 3.8) is 0 Å². The number of imidazole rings is 1. The number of esters is 1. The number of alkyl halides is 3. The minimum atomic E-state index is -4.97. The molecule has 1 heterocycles. The summed E-state index contributed by atoms with van der Waals surface area (Å²) in [5.41, 5.74) is 0.182. The number of carbonyl (C=O) groups is 2. The van der Waals surface area contributed by atoms with E-state index in [4.69, 9.17) is 32.7 Å². The SMILES string of the molecule is CCOC(=O)c1ccc(OC(=O)n2c(C(F)(F)F)nc(Cl)c2Cl)cc1. The van der Waals surface area contributed by atoms with Gasteiger partial charge in [-0.2, -0.15) is 13.2 Å². The van der Waals surface area contributed by atoms with Crippen LogP contribution in [0.15, 0.2) is 24.3 Å². The molecule has 0 aliphatic carbocycles. The molecule has 1 aromatic heterocycles. The van der Waals surface area contributed by atoms with Crippen molar-refractivity contribution in [3.8, 4) is 5.75 Å². The Hall–Kier alpha value is -2.26. The van der Waals surface area contributed by atoms with Crippen LogP contribution in [0.25, 0.3) is 0 Å². The molecule has 11 heteroatoms. The van der Waals surface area contributed by atoms with E-state index in [0.717, 1.165) is 0 Å². The summed E-state index contributed by atoms with van der Waals surface area (Å²) in [5, 5.41) is -1.43. The summed E-state index contributed by atoms with van der Waals surface area (Å²) in [6.07, 6.45) is -6.43. The monoisotopic (exact) mass is 396 g/mol. The van der Waals surface area contributed by atoms with Crippen LogP contribution in [0, 0.1) is 0 Å².